The van der Waals surface area contributed by atoms with E-state index in [-0.39, 0.29) is 18.2 Å². The third-order valence-corrected chi connectivity index (χ3v) is 3.33. The molecule has 0 aliphatic carbocycles. The number of aliphatic hydroxyl groups is 1. The van der Waals surface area contributed by atoms with Gasteiger partial charge in [0.25, 0.3) is 5.56 Å². The van der Waals surface area contributed by atoms with Gasteiger partial charge in [0.05, 0.1) is 12.0 Å². The third-order valence-electron chi connectivity index (χ3n) is 3.33. The van der Waals surface area contributed by atoms with Crippen molar-refractivity contribution in [2.75, 3.05) is 17.2 Å². The van der Waals surface area contributed by atoms with Gasteiger partial charge in [-0.05, 0) is 36.6 Å². The molecular weight excluding hydrogens is 294 g/mol. The summed E-state index contributed by atoms with van der Waals surface area (Å²) in [7, 11) is 0. The molecule has 4 N–H and O–H groups in total. The Morgan fingerprint density at radius 2 is 2.17 bits per heavy atom. The molecular formula is C16H17N5O2. The molecule has 0 saturated carbocycles. The monoisotopic (exact) mass is 311 g/mol. The SMILES string of the molecule is C[C@H](CO)Nc1nc(Nc2ccccn2)cc2cc[nH]c(=O)c12. The van der Waals surface area contributed by atoms with Gasteiger partial charge in [0.15, 0.2) is 0 Å². The lowest BCUT2D eigenvalue weighted by molar-refractivity contribution is 0.281. The molecule has 118 valence electrons. The Morgan fingerprint density at radius 1 is 1.30 bits per heavy atom. The average Bonchev–Trinajstić information content (AvgIpc) is 2.55. The number of hydrogen-bond acceptors (Lipinski definition) is 6. The second-order valence-corrected chi connectivity index (χ2v) is 5.20. The Hall–Kier alpha value is -2.93. The van der Waals surface area contributed by atoms with Gasteiger partial charge >= 0.3 is 0 Å². The molecule has 0 saturated heterocycles. The van der Waals surface area contributed by atoms with Crippen LogP contribution in [0.25, 0.3) is 10.8 Å². The first-order chi connectivity index (χ1) is 11.2. The van der Waals surface area contributed by atoms with Crippen molar-refractivity contribution in [1.29, 1.82) is 0 Å². The molecule has 0 unspecified atom stereocenters. The van der Waals surface area contributed by atoms with Crippen molar-refractivity contribution >= 4 is 28.2 Å². The standard InChI is InChI=1S/C16H17N5O2/c1-10(9-22)19-15-14-11(5-7-18-16(14)23)8-13(21-15)20-12-4-2-3-6-17-12/h2-8,10,22H,9H2,1H3,(H,18,23)(H2,17,19,20,21)/t10-/m1/s1. The Labute approximate surface area is 132 Å². The summed E-state index contributed by atoms with van der Waals surface area (Å²) in [4.78, 5) is 23.4. The van der Waals surface area contributed by atoms with Crippen molar-refractivity contribution in [2.24, 2.45) is 0 Å². The predicted octanol–water partition coefficient (Wildman–Crippen LogP) is 1.85. The Morgan fingerprint density at radius 3 is 2.91 bits per heavy atom. The van der Waals surface area contributed by atoms with E-state index in [0.717, 1.165) is 5.39 Å². The number of H-pyrrole nitrogens is 1. The van der Waals surface area contributed by atoms with E-state index in [2.05, 4.69) is 25.6 Å². The maximum atomic E-state index is 12.1. The topological polar surface area (TPSA) is 103 Å². The van der Waals surface area contributed by atoms with Gasteiger partial charge in [-0.15, -0.1) is 0 Å². The minimum absolute atomic E-state index is 0.0637. The predicted molar refractivity (Wildman–Crippen MR) is 90.1 cm³/mol. The van der Waals surface area contributed by atoms with Crippen LogP contribution in [0.15, 0.2) is 47.5 Å². The lowest BCUT2D eigenvalue weighted by Crippen LogP contribution is -2.22. The molecule has 1 atom stereocenters. The van der Waals surface area contributed by atoms with Crippen molar-refractivity contribution in [3.63, 3.8) is 0 Å². The van der Waals surface area contributed by atoms with Crippen LogP contribution < -0.4 is 16.2 Å². The number of rotatable bonds is 5. The van der Waals surface area contributed by atoms with Gasteiger partial charge < -0.3 is 20.7 Å². The molecule has 0 aliphatic rings. The second-order valence-electron chi connectivity index (χ2n) is 5.20. The van der Waals surface area contributed by atoms with Gasteiger partial charge in [-0.2, -0.15) is 0 Å². The van der Waals surface area contributed by atoms with Crippen LogP contribution in [0.4, 0.5) is 17.5 Å². The maximum Gasteiger partial charge on any atom is 0.259 e. The van der Waals surface area contributed by atoms with E-state index < -0.39 is 0 Å². The van der Waals surface area contributed by atoms with Crippen molar-refractivity contribution in [3.8, 4) is 0 Å². The number of aliphatic hydroxyl groups excluding tert-OH is 1. The molecule has 7 nitrogen and oxygen atoms in total. The summed E-state index contributed by atoms with van der Waals surface area (Å²) in [6.07, 6.45) is 3.27. The number of aromatic nitrogens is 3. The van der Waals surface area contributed by atoms with Crippen molar-refractivity contribution in [1.82, 2.24) is 15.0 Å². The van der Waals surface area contributed by atoms with Crippen LogP contribution in [0.2, 0.25) is 0 Å². The fraction of sp³-hybridized carbons (Fsp3) is 0.188. The van der Waals surface area contributed by atoms with Crippen LogP contribution in [0, 0.1) is 0 Å². The Balaban J connectivity index is 2.08. The zero-order chi connectivity index (χ0) is 16.2. The molecule has 3 rings (SSSR count). The number of hydrogen-bond donors (Lipinski definition) is 4. The van der Waals surface area contributed by atoms with Gasteiger partial charge in [0.1, 0.15) is 17.5 Å². The van der Waals surface area contributed by atoms with Gasteiger partial charge in [-0.1, -0.05) is 6.07 Å². The minimum atomic E-state index is -0.230. The van der Waals surface area contributed by atoms with Crippen LogP contribution in [-0.2, 0) is 0 Å². The highest BCUT2D eigenvalue weighted by Gasteiger charge is 2.12. The second kappa shape index (κ2) is 6.45. The molecule has 0 amide bonds. The highest BCUT2D eigenvalue weighted by atomic mass is 16.3. The first-order valence-electron chi connectivity index (χ1n) is 7.25. The summed E-state index contributed by atoms with van der Waals surface area (Å²) in [6, 6.07) is 8.89. The molecule has 23 heavy (non-hydrogen) atoms. The summed E-state index contributed by atoms with van der Waals surface area (Å²) < 4.78 is 0. The molecule has 3 heterocycles. The molecule has 7 heteroatoms. The number of aromatic amines is 1. The zero-order valence-electron chi connectivity index (χ0n) is 12.6. The van der Waals surface area contributed by atoms with Gasteiger partial charge in [-0.3, -0.25) is 4.79 Å². The van der Waals surface area contributed by atoms with Gasteiger partial charge in [-0.25, -0.2) is 9.97 Å². The molecule has 0 aromatic carbocycles. The largest absolute Gasteiger partial charge is 0.394 e. The van der Waals surface area contributed by atoms with Gasteiger partial charge in [0, 0.05) is 18.4 Å². The summed E-state index contributed by atoms with van der Waals surface area (Å²) in [5, 5.41) is 16.6. The van der Waals surface area contributed by atoms with E-state index in [1.807, 2.05) is 25.1 Å². The molecule has 0 spiro atoms. The number of pyridine rings is 3. The summed E-state index contributed by atoms with van der Waals surface area (Å²) in [5.41, 5.74) is -0.230. The van der Waals surface area contributed by atoms with Crippen molar-refractivity contribution in [3.05, 3.63) is 53.1 Å². The fourth-order valence-electron chi connectivity index (χ4n) is 2.23. The van der Waals surface area contributed by atoms with Crippen LogP contribution in [0.1, 0.15) is 6.92 Å². The van der Waals surface area contributed by atoms with Crippen molar-refractivity contribution in [2.45, 2.75) is 13.0 Å². The van der Waals surface area contributed by atoms with E-state index in [0.29, 0.717) is 22.8 Å². The van der Waals surface area contributed by atoms with E-state index in [1.165, 1.54) is 0 Å². The van der Waals surface area contributed by atoms with Gasteiger partial charge in [0.2, 0.25) is 0 Å². The summed E-state index contributed by atoms with van der Waals surface area (Å²) >= 11 is 0. The highest BCUT2D eigenvalue weighted by molar-refractivity contribution is 5.93. The summed E-state index contributed by atoms with van der Waals surface area (Å²) in [5.74, 6) is 1.64. The first kappa shape index (κ1) is 15.0. The Kier molecular flexibility index (Phi) is 4.20. The molecule has 3 aromatic rings. The quantitative estimate of drug-likeness (QED) is 0.573. The highest BCUT2D eigenvalue weighted by Crippen LogP contribution is 2.23. The molecule has 0 aliphatic heterocycles. The Bertz CT molecular complexity index is 863. The zero-order valence-corrected chi connectivity index (χ0v) is 12.6. The van der Waals surface area contributed by atoms with E-state index in [9.17, 15) is 9.90 Å². The van der Waals surface area contributed by atoms with E-state index >= 15 is 0 Å². The van der Waals surface area contributed by atoms with Crippen LogP contribution >= 0.6 is 0 Å². The fourth-order valence-corrected chi connectivity index (χ4v) is 2.23. The number of anilines is 3. The molecule has 3 aromatic heterocycles. The van der Waals surface area contributed by atoms with Crippen LogP contribution in [-0.4, -0.2) is 32.7 Å². The lowest BCUT2D eigenvalue weighted by Gasteiger charge is -2.15. The smallest absolute Gasteiger partial charge is 0.259 e. The van der Waals surface area contributed by atoms with E-state index in [4.69, 9.17) is 0 Å². The van der Waals surface area contributed by atoms with Crippen LogP contribution in [0.3, 0.4) is 0 Å². The average molecular weight is 311 g/mol. The number of fused-ring (bicyclic) bond motifs is 1. The first-order valence-corrected chi connectivity index (χ1v) is 7.25. The number of nitrogens with zero attached hydrogens (tertiary/aromatic N) is 2. The normalized spacial score (nSPS) is 12.1. The number of nitrogens with one attached hydrogen (secondary N) is 3. The third kappa shape index (κ3) is 3.29. The molecule has 0 fully saturated rings. The van der Waals surface area contributed by atoms with Crippen molar-refractivity contribution < 1.29 is 5.11 Å². The molecule has 0 radical (unpaired) electrons. The van der Waals surface area contributed by atoms with Crippen LogP contribution in [0.5, 0.6) is 0 Å². The summed E-state index contributed by atoms with van der Waals surface area (Å²) in [6.45, 7) is 1.75. The molecule has 0 bridgehead atoms. The lowest BCUT2D eigenvalue weighted by atomic mass is 10.2. The maximum absolute atomic E-state index is 12.1. The minimum Gasteiger partial charge on any atom is -0.394 e. The van der Waals surface area contributed by atoms with E-state index in [1.54, 1.807) is 24.5 Å².